The molecule has 4 nitrogen and oxygen atoms in total. The van der Waals surface area contributed by atoms with Crippen LogP contribution in [0.15, 0.2) is 29.2 Å². The molecule has 0 unspecified atom stereocenters. The fraction of sp³-hybridized carbons (Fsp3) is 0.500. The number of aliphatic hydroxyl groups excluding tert-OH is 1. The van der Waals surface area contributed by atoms with Crippen molar-refractivity contribution in [1.82, 2.24) is 4.72 Å². The Morgan fingerprint density at radius 3 is 2.56 bits per heavy atom. The Morgan fingerprint density at radius 1 is 1.33 bits per heavy atom. The van der Waals surface area contributed by atoms with Crippen molar-refractivity contribution in [2.45, 2.75) is 36.1 Å². The molecule has 100 valence electrons. The summed E-state index contributed by atoms with van der Waals surface area (Å²) < 4.78 is 39.8. The average molecular weight is 273 g/mol. The van der Waals surface area contributed by atoms with Crippen LogP contribution in [0, 0.1) is 5.82 Å². The van der Waals surface area contributed by atoms with Crippen molar-refractivity contribution >= 4 is 10.0 Å². The minimum Gasteiger partial charge on any atom is -0.394 e. The Bertz CT molecular complexity index is 524. The molecule has 0 saturated heterocycles. The van der Waals surface area contributed by atoms with Gasteiger partial charge in [0.1, 0.15) is 5.82 Å². The summed E-state index contributed by atoms with van der Waals surface area (Å²) in [6, 6.07) is 4.86. The van der Waals surface area contributed by atoms with Gasteiger partial charge in [0, 0.05) is 0 Å². The quantitative estimate of drug-likeness (QED) is 0.871. The molecule has 1 aliphatic carbocycles. The maximum absolute atomic E-state index is 13.0. The number of hydrogen-bond acceptors (Lipinski definition) is 3. The zero-order valence-electron chi connectivity index (χ0n) is 9.89. The van der Waals surface area contributed by atoms with Crippen LogP contribution in [0.1, 0.15) is 25.7 Å². The van der Waals surface area contributed by atoms with Crippen LogP contribution in [0.4, 0.5) is 4.39 Å². The van der Waals surface area contributed by atoms with E-state index in [0.717, 1.165) is 18.9 Å². The Labute approximate surface area is 106 Å². The van der Waals surface area contributed by atoms with Gasteiger partial charge in [0.15, 0.2) is 0 Å². The van der Waals surface area contributed by atoms with E-state index in [-0.39, 0.29) is 11.5 Å². The van der Waals surface area contributed by atoms with Crippen molar-refractivity contribution in [3.05, 3.63) is 30.1 Å². The first-order valence-electron chi connectivity index (χ1n) is 5.88. The zero-order valence-corrected chi connectivity index (χ0v) is 10.7. The van der Waals surface area contributed by atoms with Crippen LogP contribution in [0.3, 0.4) is 0 Å². The predicted molar refractivity (Wildman–Crippen MR) is 65.0 cm³/mol. The molecule has 0 spiro atoms. The second kappa shape index (κ2) is 4.95. The van der Waals surface area contributed by atoms with Gasteiger partial charge in [0.05, 0.1) is 17.0 Å². The molecule has 0 heterocycles. The van der Waals surface area contributed by atoms with Crippen molar-refractivity contribution in [1.29, 1.82) is 0 Å². The van der Waals surface area contributed by atoms with E-state index in [1.54, 1.807) is 0 Å². The molecule has 18 heavy (non-hydrogen) atoms. The van der Waals surface area contributed by atoms with E-state index in [1.807, 2.05) is 0 Å². The molecule has 1 saturated carbocycles. The van der Waals surface area contributed by atoms with Crippen LogP contribution >= 0.6 is 0 Å². The molecule has 2 N–H and O–H groups in total. The van der Waals surface area contributed by atoms with Crippen LogP contribution in [0.5, 0.6) is 0 Å². The van der Waals surface area contributed by atoms with E-state index in [0.29, 0.717) is 12.8 Å². The number of aliphatic hydroxyl groups is 1. The first kappa shape index (κ1) is 13.5. The maximum Gasteiger partial charge on any atom is 0.241 e. The van der Waals surface area contributed by atoms with Crippen molar-refractivity contribution in [3.8, 4) is 0 Å². The topological polar surface area (TPSA) is 66.4 Å². The third kappa shape index (κ3) is 2.71. The molecule has 1 aliphatic rings. The minimum atomic E-state index is -3.79. The van der Waals surface area contributed by atoms with Gasteiger partial charge in [-0.25, -0.2) is 17.5 Å². The van der Waals surface area contributed by atoms with Gasteiger partial charge in [-0.05, 0) is 31.0 Å². The largest absolute Gasteiger partial charge is 0.394 e. The number of halogens is 1. The first-order valence-corrected chi connectivity index (χ1v) is 7.36. The first-order chi connectivity index (χ1) is 8.47. The molecule has 0 bridgehead atoms. The maximum atomic E-state index is 13.0. The van der Waals surface area contributed by atoms with Gasteiger partial charge in [-0.15, -0.1) is 0 Å². The van der Waals surface area contributed by atoms with E-state index in [2.05, 4.69) is 4.72 Å². The van der Waals surface area contributed by atoms with Crippen LogP contribution in [-0.4, -0.2) is 25.7 Å². The van der Waals surface area contributed by atoms with E-state index < -0.39 is 21.4 Å². The Kier molecular flexibility index (Phi) is 3.70. The highest BCUT2D eigenvalue weighted by Crippen LogP contribution is 2.30. The molecule has 1 fully saturated rings. The van der Waals surface area contributed by atoms with Gasteiger partial charge in [-0.3, -0.25) is 0 Å². The number of hydrogen-bond donors (Lipinski definition) is 2. The van der Waals surface area contributed by atoms with Gasteiger partial charge in [0.2, 0.25) is 10.0 Å². The summed E-state index contributed by atoms with van der Waals surface area (Å²) in [5.74, 6) is -0.595. The lowest BCUT2D eigenvalue weighted by atomic mass is 10.0. The molecule has 0 aromatic heterocycles. The molecule has 0 atom stereocenters. The molecular formula is C12H16FNO3S. The van der Waals surface area contributed by atoms with E-state index in [4.69, 9.17) is 0 Å². The molecule has 2 rings (SSSR count). The summed E-state index contributed by atoms with van der Waals surface area (Å²) in [4.78, 5) is -0.109. The lowest BCUT2D eigenvalue weighted by Gasteiger charge is -2.27. The van der Waals surface area contributed by atoms with E-state index in [1.165, 1.54) is 18.2 Å². The molecule has 6 heteroatoms. The molecular weight excluding hydrogens is 257 g/mol. The van der Waals surface area contributed by atoms with Crippen LogP contribution < -0.4 is 4.72 Å². The number of sulfonamides is 1. The van der Waals surface area contributed by atoms with Crippen LogP contribution in [0.2, 0.25) is 0 Å². The second-order valence-electron chi connectivity index (χ2n) is 4.71. The number of nitrogens with one attached hydrogen (secondary N) is 1. The molecule has 1 aromatic rings. The Hall–Kier alpha value is -0.980. The van der Waals surface area contributed by atoms with Gasteiger partial charge >= 0.3 is 0 Å². The summed E-state index contributed by atoms with van der Waals surface area (Å²) in [6.45, 7) is -0.235. The monoisotopic (exact) mass is 273 g/mol. The normalized spacial score (nSPS) is 19.0. The van der Waals surface area contributed by atoms with Gasteiger partial charge in [-0.2, -0.15) is 0 Å². The smallest absolute Gasteiger partial charge is 0.241 e. The predicted octanol–water partition coefficient (Wildman–Crippen LogP) is 1.41. The number of rotatable bonds is 4. The second-order valence-corrected chi connectivity index (χ2v) is 6.39. The molecule has 0 radical (unpaired) electrons. The van der Waals surface area contributed by atoms with E-state index >= 15 is 0 Å². The van der Waals surface area contributed by atoms with Crippen molar-refractivity contribution in [2.75, 3.05) is 6.61 Å². The minimum absolute atomic E-state index is 0.109. The number of benzene rings is 1. The highest BCUT2D eigenvalue weighted by Gasteiger charge is 2.37. The van der Waals surface area contributed by atoms with Gasteiger partial charge < -0.3 is 5.11 Å². The van der Waals surface area contributed by atoms with Gasteiger partial charge in [-0.1, -0.05) is 18.9 Å². The lowest BCUT2D eigenvalue weighted by Crippen LogP contribution is -2.49. The van der Waals surface area contributed by atoms with Crippen molar-refractivity contribution in [2.24, 2.45) is 0 Å². The standard InChI is InChI=1S/C12H16FNO3S/c13-10-4-3-5-11(8-10)18(16,17)14-12(9-15)6-1-2-7-12/h3-5,8,14-15H,1-2,6-7,9H2. The molecule has 0 aliphatic heterocycles. The fourth-order valence-electron chi connectivity index (χ4n) is 2.32. The fourth-order valence-corrected chi connectivity index (χ4v) is 3.80. The highest BCUT2D eigenvalue weighted by atomic mass is 32.2. The molecule has 0 amide bonds. The van der Waals surface area contributed by atoms with Crippen LogP contribution in [0.25, 0.3) is 0 Å². The third-order valence-corrected chi connectivity index (χ3v) is 4.90. The van der Waals surface area contributed by atoms with Crippen molar-refractivity contribution in [3.63, 3.8) is 0 Å². The van der Waals surface area contributed by atoms with Gasteiger partial charge in [0.25, 0.3) is 0 Å². The zero-order chi connectivity index (χ0) is 13.2. The summed E-state index contributed by atoms with van der Waals surface area (Å²) in [5.41, 5.74) is -0.787. The highest BCUT2D eigenvalue weighted by molar-refractivity contribution is 7.89. The summed E-state index contributed by atoms with van der Waals surface area (Å²) >= 11 is 0. The summed E-state index contributed by atoms with van der Waals surface area (Å²) in [7, 11) is -3.79. The average Bonchev–Trinajstić information content (AvgIpc) is 2.77. The van der Waals surface area contributed by atoms with Crippen LogP contribution in [-0.2, 0) is 10.0 Å². The summed E-state index contributed by atoms with van der Waals surface area (Å²) in [5, 5.41) is 9.38. The Morgan fingerprint density at radius 2 is 2.00 bits per heavy atom. The lowest BCUT2D eigenvalue weighted by molar-refractivity contribution is 0.185. The van der Waals surface area contributed by atoms with E-state index in [9.17, 15) is 17.9 Å². The summed E-state index contributed by atoms with van der Waals surface area (Å²) in [6.07, 6.45) is 2.98. The SMILES string of the molecule is O=S(=O)(NC1(CO)CCCC1)c1cccc(F)c1. The Balaban J connectivity index is 2.27. The van der Waals surface area contributed by atoms with Crippen molar-refractivity contribution < 1.29 is 17.9 Å². The molecule has 1 aromatic carbocycles. The third-order valence-electron chi connectivity index (χ3n) is 3.32.